The molecule has 0 unspecified atom stereocenters. The van der Waals surface area contributed by atoms with Gasteiger partial charge in [-0.15, -0.1) is 0 Å². The molecule has 3 rings (SSSR count). The molecule has 3 fully saturated rings. The molecule has 2 heterocycles. The highest BCUT2D eigenvalue weighted by Crippen LogP contribution is 2.31. The van der Waals surface area contributed by atoms with Crippen LogP contribution in [0, 0.1) is 0 Å². The maximum absolute atomic E-state index is 12.6. The Kier molecular flexibility index (Phi) is 11.8. The zero-order chi connectivity index (χ0) is 29.0. The van der Waals surface area contributed by atoms with Gasteiger partial charge in [0.1, 0.15) is 42.7 Å². The van der Waals surface area contributed by atoms with Crippen molar-refractivity contribution < 1.29 is 54.4 Å². The second-order valence-corrected chi connectivity index (χ2v) is 10.3. The van der Waals surface area contributed by atoms with Crippen molar-refractivity contribution in [3.63, 3.8) is 0 Å². The molecule has 0 aromatic rings. The van der Waals surface area contributed by atoms with E-state index in [-0.39, 0.29) is 25.6 Å². The molecule has 17 N–H and O–H groups in total. The van der Waals surface area contributed by atoms with Gasteiger partial charge in [-0.25, -0.2) is 0 Å². The van der Waals surface area contributed by atoms with Gasteiger partial charge < -0.3 is 83.6 Å². The van der Waals surface area contributed by atoms with Crippen LogP contribution in [0.5, 0.6) is 0 Å². The van der Waals surface area contributed by atoms with Crippen LogP contribution in [-0.2, 0) is 23.7 Å². The largest absolute Gasteiger partial charge is 0.394 e. The van der Waals surface area contributed by atoms with Gasteiger partial charge in [-0.1, -0.05) is 0 Å². The second-order valence-electron chi connectivity index (χ2n) is 10.3. The lowest BCUT2D eigenvalue weighted by atomic mass is 9.81. The van der Waals surface area contributed by atoms with E-state index in [2.05, 4.69) is 5.32 Å². The highest BCUT2D eigenvalue weighted by Gasteiger charge is 2.54. The van der Waals surface area contributed by atoms with Crippen LogP contribution in [0.25, 0.3) is 0 Å². The summed E-state index contributed by atoms with van der Waals surface area (Å²) in [6, 6.07) is -4.65. The second kappa shape index (κ2) is 14.2. The Morgan fingerprint density at radius 1 is 0.897 bits per heavy atom. The van der Waals surface area contributed by atoms with Gasteiger partial charge in [0.05, 0.1) is 43.0 Å². The third-order valence-electron chi connectivity index (χ3n) is 7.50. The minimum absolute atomic E-state index is 0.00387. The summed E-state index contributed by atoms with van der Waals surface area (Å²) in [5, 5.41) is 65.3. The van der Waals surface area contributed by atoms with Gasteiger partial charge in [-0.2, -0.15) is 0 Å². The molecule has 228 valence electrons. The number of hydrogen-bond acceptors (Lipinski definition) is 16. The SMILES string of the molecule is NCC[C@H](O)C(=O)N[C@@H]1[C@@H](O)[C@H](N)[C@@H](O[C@H]2O[C@H](CN)CC[C@H]2N)[C@H](O)[C@H]1O[C@H]1O[C@H](CO)[C@@H](O)[C@H](N)[C@H]1O. The van der Waals surface area contributed by atoms with Crippen molar-refractivity contribution in [1.29, 1.82) is 0 Å². The average Bonchev–Trinajstić information content (AvgIpc) is 2.92. The predicted molar refractivity (Wildman–Crippen MR) is 132 cm³/mol. The number of carbonyl (C=O) groups excluding carboxylic acids is 1. The number of ether oxygens (including phenoxy) is 4. The van der Waals surface area contributed by atoms with Crippen LogP contribution in [0.15, 0.2) is 0 Å². The van der Waals surface area contributed by atoms with Crippen LogP contribution in [0.3, 0.4) is 0 Å². The predicted octanol–water partition coefficient (Wildman–Crippen LogP) is -7.43. The van der Waals surface area contributed by atoms with Gasteiger partial charge in [0.15, 0.2) is 12.6 Å². The lowest BCUT2D eigenvalue weighted by molar-refractivity contribution is -0.319. The summed E-state index contributed by atoms with van der Waals surface area (Å²) >= 11 is 0. The van der Waals surface area contributed by atoms with E-state index in [4.69, 9.17) is 47.6 Å². The monoisotopic (exact) mass is 568 g/mol. The Labute approximate surface area is 225 Å². The van der Waals surface area contributed by atoms with Crippen molar-refractivity contribution in [2.24, 2.45) is 28.7 Å². The molecule has 1 amide bonds. The van der Waals surface area contributed by atoms with Crippen molar-refractivity contribution in [1.82, 2.24) is 5.32 Å². The zero-order valence-electron chi connectivity index (χ0n) is 21.5. The number of hydrogen-bond donors (Lipinski definition) is 12. The summed E-state index contributed by atoms with van der Waals surface area (Å²) in [5.41, 5.74) is 29.4. The molecule has 17 nitrogen and oxygen atoms in total. The van der Waals surface area contributed by atoms with E-state index >= 15 is 0 Å². The molecular weight excluding hydrogens is 524 g/mol. The summed E-state index contributed by atoms with van der Waals surface area (Å²) in [5.74, 6) is -0.925. The van der Waals surface area contributed by atoms with Gasteiger partial charge in [0, 0.05) is 6.54 Å². The van der Waals surface area contributed by atoms with Gasteiger partial charge >= 0.3 is 0 Å². The van der Waals surface area contributed by atoms with Gasteiger partial charge in [0.2, 0.25) is 5.91 Å². The number of nitrogens with two attached hydrogens (primary N) is 5. The van der Waals surface area contributed by atoms with Gasteiger partial charge in [0.25, 0.3) is 0 Å². The number of rotatable bonds is 10. The number of amides is 1. The summed E-state index contributed by atoms with van der Waals surface area (Å²) in [6.45, 7) is -0.469. The topological polar surface area (TPSA) is 317 Å². The molecule has 2 saturated heterocycles. The molecule has 17 heteroatoms. The molecule has 1 saturated carbocycles. The van der Waals surface area contributed by atoms with Crippen LogP contribution in [0.2, 0.25) is 0 Å². The molecule has 0 radical (unpaired) electrons. The number of aliphatic hydroxyl groups is 6. The molecular formula is C22H44N6O11. The quantitative estimate of drug-likeness (QED) is 0.116. The molecule has 3 aliphatic rings. The molecule has 0 aromatic heterocycles. The summed E-state index contributed by atoms with van der Waals surface area (Å²) in [6.07, 6.45) is -14.1. The first-order valence-electron chi connectivity index (χ1n) is 13.0. The van der Waals surface area contributed by atoms with Crippen molar-refractivity contribution >= 4 is 5.91 Å². The van der Waals surface area contributed by atoms with E-state index in [1.807, 2.05) is 0 Å². The summed E-state index contributed by atoms with van der Waals surface area (Å²) in [7, 11) is 0. The molecule has 15 atom stereocenters. The maximum atomic E-state index is 12.6. The van der Waals surface area contributed by atoms with E-state index in [0.29, 0.717) is 12.8 Å². The van der Waals surface area contributed by atoms with Gasteiger partial charge in [-0.3, -0.25) is 4.79 Å². The third-order valence-corrected chi connectivity index (χ3v) is 7.50. The van der Waals surface area contributed by atoms with E-state index in [1.54, 1.807) is 0 Å². The van der Waals surface area contributed by atoms with Crippen LogP contribution in [0.4, 0.5) is 0 Å². The average molecular weight is 569 g/mol. The molecule has 2 aliphatic heterocycles. The minimum Gasteiger partial charge on any atom is -0.394 e. The molecule has 1 aliphatic carbocycles. The highest BCUT2D eigenvalue weighted by atomic mass is 16.7. The maximum Gasteiger partial charge on any atom is 0.249 e. The molecule has 0 bridgehead atoms. The fourth-order valence-electron chi connectivity index (χ4n) is 5.03. The van der Waals surface area contributed by atoms with Crippen molar-refractivity contribution in [2.75, 3.05) is 19.7 Å². The van der Waals surface area contributed by atoms with E-state index in [0.717, 1.165) is 0 Å². The van der Waals surface area contributed by atoms with E-state index in [1.165, 1.54) is 0 Å². The molecule has 0 aromatic carbocycles. The van der Waals surface area contributed by atoms with E-state index < -0.39 is 98.1 Å². The normalized spacial score (nSPS) is 46.0. The third kappa shape index (κ3) is 7.21. The lowest BCUT2D eigenvalue weighted by Crippen LogP contribution is -2.74. The van der Waals surface area contributed by atoms with Crippen molar-refractivity contribution in [2.45, 2.75) is 111 Å². The van der Waals surface area contributed by atoms with Crippen LogP contribution < -0.4 is 34.0 Å². The Morgan fingerprint density at radius 3 is 2.18 bits per heavy atom. The first-order chi connectivity index (χ1) is 18.4. The Hall–Kier alpha value is -1.13. The standard InChI is InChI=1S/C22H44N6O11/c23-4-3-9(30)20(35)28-13-15(32)12(27)18(38-21-8(25)2-1-7(5-24)36-21)17(34)19(13)39-22-16(33)11(26)14(31)10(6-29)37-22/h7-19,21-22,29-34H,1-6,23-27H2,(H,28,35)/t7-,8+,9-,10+,11-,12-,13+,14+,15-,16+,17-,18+,19-,21+,22+/m0/s1. The van der Waals surface area contributed by atoms with Crippen LogP contribution in [-0.4, -0.2) is 148 Å². The fourth-order valence-corrected chi connectivity index (χ4v) is 5.03. The van der Waals surface area contributed by atoms with E-state index in [9.17, 15) is 35.4 Å². The smallest absolute Gasteiger partial charge is 0.249 e. The Morgan fingerprint density at radius 2 is 1.56 bits per heavy atom. The number of nitrogens with one attached hydrogen (secondary N) is 1. The summed E-state index contributed by atoms with van der Waals surface area (Å²) < 4.78 is 23.0. The number of carbonyl (C=O) groups is 1. The first kappa shape index (κ1) is 32.4. The summed E-state index contributed by atoms with van der Waals surface area (Å²) in [4.78, 5) is 12.6. The number of aliphatic hydroxyl groups excluding tert-OH is 6. The first-order valence-corrected chi connectivity index (χ1v) is 13.0. The fraction of sp³-hybridized carbons (Fsp3) is 0.955. The zero-order valence-corrected chi connectivity index (χ0v) is 21.5. The van der Waals surface area contributed by atoms with Crippen LogP contribution >= 0.6 is 0 Å². The minimum atomic E-state index is -1.68. The Balaban J connectivity index is 1.88. The Bertz CT molecular complexity index is 787. The van der Waals surface area contributed by atoms with Crippen LogP contribution in [0.1, 0.15) is 19.3 Å². The lowest BCUT2D eigenvalue weighted by Gasteiger charge is -2.50. The van der Waals surface area contributed by atoms with Crippen molar-refractivity contribution in [3.8, 4) is 0 Å². The molecule has 0 spiro atoms. The molecule has 39 heavy (non-hydrogen) atoms. The van der Waals surface area contributed by atoms with Crippen molar-refractivity contribution in [3.05, 3.63) is 0 Å². The van der Waals surface area contributed by atoms with Gasteiger partial charge in [-0.05, 0) is 25.8 Å². The highest BCUT2D eigenvalue weighted by molar-refractivity contribution is 5.81.